The molecule has 2 aliphatic rings. The maximum atomic E-state index is 13.2. The number of halogens is 2. The van der Waals surface area contributed by atoms with Gasteiger partial charge in [0.1, 0.15) is 15.6 Å². The van der Waals surface area contributed by atoms with E-state index >= 15 is 0 Å². The van der Waals surface area contributed by atoms with Crippen molar-refractivity contribution >= 4 is 33.2 Å². The molecule has 1 saturated heterocycles. The number of anilines is 2. The van der Waals surface area contributed by atoms with Crippen LogP contribution in [0.5, 0.6) is 5.75 Å². The van der Waals surface area contributed by atoms with Gasteiger partial charge in [-0.3, -0.25) is 14.5 Å². The van der Waals surface area contributed by atoms with Gasteiger partial charge in [0.25, 0.3) is 5.91 Å². The van der Waals surface area contributed by atoms with Crippen molar-refractivity contribution in [1.29, 1.82) is 0 Å². The third kappa shape index (κ3) is 4.46. The second-order valence-corrected chi connectivity index (χ2v) is 11.6. The molecule has 1 aromatic carbocycles. The molecule has 0 bridgehead atoms. The number of nitrogens with zero attached hydrogens (tertiary/aromatic N) is 3. The lowest BCUT2D eigenvalue weighted by Crippen LogP contribution is -2.51. The van der Waals surface area contributed by atoms with Gasteiger partial charge in [-0.05, 0) is 51.8 Å². The Morgan fingerprint density at radius 2 is 1.82 bits per heavy atom. The van der Waals surface area contributed by atoms with Crippen LogP contribution >= 0.6 is 0 Å². The van der Waals surface area contributed by atoms with Crippen molar-refractivity contribution in [2.45, 2.75) is 51.2 Å². The molecule has 34 heavy (non-hydrogen) atoms. The number of hydrogen-bond acceptors (Lipinski definition) is 7. The van der Waals surface area contributed by atoms with Crippen molar-refractivity contribution in [2.24, 2.45) is 0 Å². The number of carbonyl (C=O) groups excluding carboxylic acids is 2. The standard InChI is InChI=1S/C22H24F2N4O5S/c1-21(2)15-12-16(18(29)25-22(3)7-9-34(31,32)10-8-22)26-27-17(15)28(19(21)30)13-5-4-6-14(11-13)33-20(23)24/h4-6,11-12,20H,7-10H2,1-3H3,(H,25,29). The first-order chi connectivity index (χ1) is 15.8. The molecule has 1 aromatic heterocycles. The lowest BCUT2D eigenvalue weighted by atomic mass is 9.87. The van der Waals surface area contributed by atoms with E-state index in [-0.39, 0.29) is 53.2 Å². The van der Waals surface area contributed by atoms with Crippen LogP contribution in [0.15, 0.2) is 30.3 Å². The van der Waals surface area contributed by atoms with Crippen LogP contribution in [0.4, 0.5) is 20.3 Å². The van der Waals surface area contributed by atoms with Gasteiger partial charge < -0.3 is 10.1 Å². The molecule has 1 fully saturated rings. The number of ether oxygens (including phenoxy) is 1. The number of sulfone groups is 1. The highest BCUT2D eigenvalue weighted by atomic mass is 32.2. The maximum Gasteiger partial charge on any atom is 0.387 e. The van der Waals surface area contributed by atoms with E-state index in [0.717, 1.165) is 0 Å². The summed E-state index contributed by atoms with van der Waals surface area (Å²) in [6.07, 6.45) is 0.572. The Kier molecular flexibility index (Phi) is 5.83. The molecule has 182 valence electrons. The summed E-state index contributed by atoms with van der Waals surface area (Å²) in [6, 6.07) is 7.17. The van der Waals surface area contributed by atoms with Crippen LogP contribution < -0.4 is 15.0 Å². The SMILES string of the molecule is CC1(NC(=O)c2cc3c(nn2)N(c2cccc(OC(F)F)c2)C(=O)C3(C)C)CCS(=O)(=O)CC1. The molecule has 2 amide bonds. The van der Waals surface area contributed by atoms with Crippen molar-refractivity contribution in [3.05, 3.63) is 41.6 Å². The number of alkyl halides is 2. The molecular formula is C22H24F2N4O5S. The first-order valence-electron chi connectivity index (χ1n) is 10.6. The summed E-state index contributed by atoms with van der Waals surface area (Å²) in [5.41, 5.74) is -1.05. The topological polar surface area (TPSA) is 119 Å². The van der Waals surface area contributed by atoms with Gasteiger partial charge in [-0.25, -0.2) is 8.42 Å². The van der Waals surface area contributed by atoms with Crippen LogP contribution in [-0.4, -0.2) is 54.1 Å². The van der Waals surface area contributed by atoms with E-state index in [1.54, 1.807) is 26.8 Å². The van der Waals surface area contributed by atoms with Gasteiger partial charge in [-0.1, -0.05) is 6.07 Å². The molecule has 4 rings (SSSR count). The number of fused-ring (bicyclic) bond motifs is 1. The number of nitrogens with one attached hydrogen (secondary N) is 1. The number of aromatic nitrogens is 2. The van der Waals surface area contributed by atoms with Crippen molar-refractivity contribution in [3.63, 3.8) is 0 Å². The van der Waals surface area contributed by atoms with Crippen molar-refractivity contribution < 1.29 is 31.5 Å². The Hall–Kier alpha value is -3.15. The van der Waals surface area contributed by atoms with Gasteiger partial charge >= 0.3 is 6.61 Å². The summed E-state index contributed by atoms with van der Waals surface area (Å²) < 4.78 is 53.2. The number of hydrogen-bond donors (Lipinski definition) is 1. The lowest BCUT2D eigenvalue weighted by Gasteiger charge is -2.34. The Morgan fingerprint density at radius 1 is 1.15 bits per heavy atom. The molecule has 0 aliphatic carbocycles. The largest absolute Gasteiger partial charge is 0.435 e. The molecule has 3 heterocycles. The highest BCUT2D eigenvalue weighted by molar-refractivity contribution is 7.91. The zero-order chi connectivity index (χ0) is 24.9. The van der Waals surface area contributed by atoms with Gasteiger partial charge in [0.2, 0.25) is 5.91 Å². The number of rotatable bonds is 5. The molecule has 2 aliphatic heterocycles. The summed E-state index contributed by atoms with van der Waals surface area (Å²) in [5, 5.41) is 11.0. The molecule has 2 aromatic rings. The maximum absolute atomic E-state index is 13.2. The van der Waals surface area contributed by atoms with E-state index in [0.29, 0.717) is 5.56 Å². The molecule has 0 unspecified atom stereocenters. The number of carbonyl (C=O) groups is 2. The zero-order valence-corrected chi connectivity index (χ0v) is 19.7. The molecule has 9 nitrogen and oxygen atoms in total. The van der Waals surface area contributed by atoms with E-state index in [1.165, 1.54) is 29.2 Å². The van der Waals surface area contributed by atoms with Crippen molar-refractivity contribution in [1.82, 2.24) is 15.5 Å². The summed E-state index contributed by atoms with van der Waals surface area (Å²) >= 11 is 0. The summed E-state index contributed by atoms with van der Waals surface area (Å²) in [7, 11) is -3.10. The van der Waals surface area contributed by atoms with E-state index < -0.39 is 33.3 Å². The Bertz CT molecular complexity index is 1250. The fourth-order valence-electron chi connectivity index (χ4n) is 4.10. The lowest BCUT2D eigenvalue weighted by molar-refractivity contribution is -0.121. The van der Waals surface area contributed by atoms with Gasteiger partial charge in [-0.2, -0.15) is 8.78 Å². The first kappa shape index (κ1) is 24.0. The van der Waals surface area contributed by atoms with Crippen LogP contribution in [-0.2, 0) is 20.0 Å². The number of benzene rings is 1. The molecule has 0 atom stereocenters. The summed E-state index contributed by atoms with van der Waals surface area (Å²) in [5.74, 6) is -0.831. The van der Waals surface area contributed by atoms with Crippen molar-refractivity contribution in [3.8, 4) is 5.75 Å². The van der Waals surface area contributed by atoms with Crippen LogP contribution in [0.25, 0.3) is 0 Å². The van der Waals surface area contributed by atoms with Gasteiger partial charge in [0, 0.05) is 17.2 Å². The third-order valence-electron chi connectivity index (χ3n) is 6.28. The molecule has 1 N–H and O–H groups in total. The van der Waals surface area contributed by atoms with E-state index in [9.17, 15) is 26.8 Å². The second-order valence-electron chi connectivity index (χ2n) is 9.27. The smallest absolute Gasteiger partial charge is 0.387 e. The fraction of sp³-hybridized carbons (Fsp3) is 0.455. The minimum absolute atomic E-state index is 0.00841. The molecule has 0 radical (unpaired) electrons. The predicted octanol–water partition coefficient (Wildman–Crippen LogP) is 2.73. The Labute approximate surface area is 195 Å². The quantitative estimate of drug-likeness (QED) is 0.679. The minimum atomic E-state index is -3.10. The number of amides is 2. The molecular weight excluding hydrogens is 470 g/mol. The second kappa shape index (κ2) is 8.26. The normalized spacial score (nSPS) is 20.2. The monoisotopic (exact) mass is 494 g/mol. The zero-order valence-electron chi connectivity index (χ0n) is 18.8. The summed E-state index contributed by atoms with van der Waals surface area (Å²) in [6.45, 7) is 2.11. The highest BCUT2D eigenvalue weighted by Gasteiger charge is 2.47. The van der Waals surface area contributed by atoms with Gasteiger partial charge in [0.15, 0.2) is 11.5 Å². The summed E-state index contributed by atoms with van der Waals surface area (Å²) in [4.78, 5) is 27.4. The Balaban J connectivity index is 1.63. The fourth-order valence-corrected chi connectivity index (χ4v) is 5.83. The van der Waals surface area contributed by atoms with Gasteiger partial charge in [-0.15, -0.1) is 10.2 Å². The van der Waals surface area contributed by atoms with E-state index in [2.05, 4.69) is 20.3 Å². The average Bonchev–Trinajstić information content (AvgIpc) is 2.95. The van der Waals surface area contributed by atoms with Crippen LogP contribution in [0.2, 0.25) is 0 Å². The molecule has 0 spiro atoms. The molecule has 0 saturated carbocycles. The average molecular weight is 495 g/mol. The van der Waals surface area contributed by atoms with E-state index in [1.807, 2.05) is 0 Å². The first-order valence-corrected chi connectivity index (χ1v) is 12.4. The van der Waals surface area contributed by atoms with Crippen molar-refractivity contribution in [2.75, 3.05) is 16.4 Å². The van der Waals surface area contributed by atoms with Crippen LogP contribution in [0.3, 0.4) is 0 Å². The highest BCUT2D eigenvalue weighted by Crippen LogP contribution is 2.44. The predicted molar refractivity (Wildman–Crippen MR) is 119 cm³/mol. The van der Waals surface area contributed by atoms with Crippen LogP contribution in [0, 0.1) is 0 Å². The third-order valence-corrected chi connectivity index (χ3v) is 7.93. The molecule has 12 heteroatoms. The minimum Gasteiger partial charge on any atom is -0.435 e. The van der Waals surface area contributed by atoms with Gasteiger partial charge in [0.05, 0.1) is 22.6 Å². The Morgan fingerprint density at radius 3 is 2.47 bits per heavy atom. The van der Waals surface area contributed by atoms with E-state index in [4.69, 9.17) is 0 Å². The van der Waals surface area contributed by atoms with Crippen LogP contribution in [0.1, 0.15) is 49.7 Å².